The first kappa shape index (κ1) is 12.0. The average Bonchev–Trinajstić information content (AvgIpc) is 3.07. The van der Waals surface area contributed by atoms with Gasteiger partial charge in [-0.25, -0.2) is 0 Å². The first-order valence-electron chi connectivity index (χ1n) is 6.14. The molecule has 0 aliphatic carbocycles. The lowest BCUT2D eigenvalue weighted by Crippen LogP contribution is -2.20. The van der Waals surface area contributed by atoms with Crippen molar-refractivity contribution in [1.29, 1.82) is 5.26 Å². The summed E-state index contributed by atoms with van der Waals surface area (Å²) in [5, 5.41) is 11.3. The maximum atomic E-state index is 9.33. The molecule has 0 saturated heterocycles. The molecular formula is C16H13NOS. The van der Waals surface area contributed by atoms with Gasteiger partial charge in [0.25, 0.3) is 0 Å². The molecular weight excluding hydrogens is 254 g/mol. The van der Waals surface area contributed by atoms with Crippen molar-refractivity contribution < 1.29 is 4.74 Å². The molecule has 0 bridgehead atoms. The number of rotatable bonds is 2. The Balaban J connectivity index is 1.99. The number of thiophene rings is 1. The molecule has 94 valence electrons. The molecule has 1 aromatic heterocycles. The Morgan fingerprint density at radius 1 is 1.21 bits per heavy atom. The molecule has 2 aromatic rings. The first-order valence-corrected chi connectivity index (χ1v) is 7.02. The summed E-state index contributed by atoms with van der Waals surface area (Å²) < 4.78 is 6.15. The summed E-state index contributed by atoms with van der Waals surface area (Å²) in [4.78, 5) is 1.02. The molecule has 1 aromatic carbocycles. The summed E-state index contributed by atoms with van der Waals surface area (Å²) in [5.41, 5.74) is 1.40. The first-order chi connectivity index (χ1) is 9.23. The molecule has 1 atom stereocenters. The third-order valence-corrected chi connectivity index (χ3v) is 4.25. The Bertz CT molecular complexity index is 652. The van der Waals surface area contributed by atoms with Crippen molar-refractivity contribution in [2.24, 2.45) is 0 Å². The lowest BCUT2D eigenvalue weighted by molar-refractivity contribution is 0.0780. The molecule has 0 amide bonds. The van der Waals surface area contributed by atoms with Gasteiger partial charge in [0, 0.05) is 6.42 Å². The van der Waals surface area contributed by atoms with Crippen LogP contribution < -0.4 is 0 Å². The van der Waals surface area contributed by atoms with Crippen LogP contribution in [0.5, 0.6) is 0 Å². The van der Waals surface area contributed by atoms with E-state index in [0.717, 1.165) is 21.8 Å². The highest BCUT2D eigenvalue weighted by atomic mass is 32.1. The van der Waals surface area contributed by atoms with Gasteiger partial charge in [-0.15, -0.1) is 11.3 Å². The molecule has 2 nitrogen and oxygen atoms in total. The fourth-order valence-corrected chi connectivity index (χ4v) is 3.12. The van der Waals surface area contributed by atoms with Gasteiger partial charge in [-0.05, 0) is 23.9 Å². The van der Waals surface area contributed by atoms with Gasteiger partial charge in [-0.2, -0.15) is 5.26 Å². The molecule has 0 radical (unpaired) electrons. The summed E-state index contributed by atoms with van der Waals surface area (Å²) in [5.74, 6) is 0.740. The Hall–Kier alpha value is -2.05. The maximum absolute atomic E-state index is 9.33. The van der Waals surface area contributed by atoms with E-state index in [0.29, 0.717) is 6.42 Å². The number of ether oxygens (including phenoxy) is 1. The standard InChI is InChI=1S/C16H13NOS/c1-16(13-6-3-2-4-7-13)10-12(11-17)15(18-16)14-8-5-9-19-14/h2-9H,10H2,1H3. The van der Waals surface area contributed by atoms with Crippen molar-refractivity contribution in [3.63, 3.8) is 0 Å². The zero-order valence-corrected chi connectivity index (χ0v) is 11.4. The molecule has 3 rings (SSSR count). The number of nitrogens with zero attached hydrogens (tertiary/aromatic N) is 1. The van der Waals surface area contributed by atoms with Gasteiger partial charge in [0.05, 0.1) is 16.5 Å². The Kier molecular flexibility index (Phi) is 2.88. The van der Waals surface area contributed by atoms with E-state index in [9.17, 15) is 5.26 Å². The molecule has 0 fully saturated rings. The van der Waals surface area contributed by atoms with E-state index >= 15 is 0 Å². The zero-order chi connectivity index (χ0) is 13.3. The molecule has 1 unspecified atom stereocenters. The van der Waals surface area contributed by atoms with Crippen LogP contribution in [-0.2, 0) is 10.3 Å². The smallest absolute Gasteiger partial charge is 0.151 e. The molecule has 1 aliphatic heterocycles. The van der Waals surface area contributed by atoms with Crippen LogP contribution in [0.25, 0.3) is 5.76 Å². The van der Waals surface area contributed by atoms with Crippen molar-refractivity contribution in [2.45, 2.75) is 18.9 Å². The van der Waals surface area contributed by atoms with Crippen molar-refractivity contribution in [1.82, 2.24) is 0 Å². The number of hydrogen-bond acceptors (Lipinski definition) is 3. The second-order valence-electron chi connectivity index (χ2n) is 4.77. The van der Waals surface area contributed by atoms with Crippen LogP contribution in [0, 0.1) is 11.3 Å². The second kappa shape index (κ2) is 4.56. The van der Waals surface area contributed by atoms with E-state index in [1.54, 1.807) is 11.3 Å². The van der Waals surface area contributed by atoms with Gasteiger partial charge in [-0.3, -0.25) is 0 Å². The molecule has 0 N–H and O–H groups in total. The number of hydrogen-bond donors (Lipinski definition) is 0. The maximum Gasteiger partial charge on any atom is 0.151 e. The van der Waals surface area contributed by atoms with E-state index in [2.05, 4.69) is 6.07 Å². The van der Waals surface area contributed by atoms with Gasteiger partial charge in [0.15, 0.2) is 5.76 Å². The molecule has 3 heteroatoms. The summed E-state index contributed by atoms with van der Waals surface area (Å²) in [7, 11) is 0. The average molecular weight is 267 g/mol. The third kappa shape index (κ3) is 2.05. The normalized spacial score (nSPS) is 22.1. The van der Waals surface area contributed by atoms with Crippen LogP contribution in [0.3, 0.4) is 0 Å². The Labute approximate surface area is 116 Å². The van der Waals surface area contributed by atoms with E-state index in [1.165, 1.54) is 0 Å². The number of nitriles is 1. The van der Waals surface area contributed by atoms with Gasteiger partial charge >= 0.3 is 0 Å². The van der Waals surface area contributed by atoms with Gasteiger partial charge in [0.1, 0.15) is 5.60 Å². The van der Waals surface area contributed by atoms with Crippen molar-refractivity contribution in [3.05, 3.63) is 63.9 Å². The van der Waals surface area contributed by atoms with Crippen LogP contribution in [0.1, 0.15) is 23.8 Å². The van der Waals surface area contributed by atoms with E-state index in [4.69, 9.17) is 4.74 Å². The van der Waals surface area contributed by atoms with Crippen molar-refractivity contribution in [2.75, 3.05) is 0 Å². The summed E-state index contributed by atoms with van der Waals surface area (Å²) >= 11 is 1.60. The highest BCUT2D eigenvalue weighted by molar-refractivity contribution is 7.11. The SMILES string of the molecule is CC1(c2ccccc2)CC(C#N)=C(c2cccs2)O1. The van der Waals surface area contributed by atoms with Crippen LogP contribution in [0.4, 0.5) is 0 Å². The number of benzene rings is 1. The molecule has 2 heterocycles. The fourth-order valence-electron chi connectivity index (χ4n) is 2.39. The minimum absolute atomic E-state index is 0.439. The Morgan fingerprint density at radius 3 is 2.63 bits per heavy atom. The zero-order valence-electron chi connectivity index (χ0n) is 10.6. The predicted molar refractivity (Wildman–Crippen MR) is 76.3 cm³/mol. The minimum atomic E-state index is -0.439. The topological polar surface area (TPSA) is 33.0 Å². The summed E-state index contributed by atoms with van der Waals surface area (Å²) in [6.45, 7) is 2.04. The van der Waals surface area contributed by atoms with Crippen LogP contribution >= 0.6 is 11.3 Å². The fraction of sp³-hybridized carbons (Fsp3) is 0.188. The van der Waals surface area contributed by atoms with Gasteiger partial charge < -0.3 is 4.74 Å². The van der Waals surface area contributed by atoms with Crippen LogP contribution in [-0.4, -0.2) is 0 Å². The van der Waals surface area contributed by atoms with Gasteiger partial charge in [-0.1, -0.05) is 36.4 Å². The van der Waals surface area contributed by atoms with Crippen molar-refractivity contribution in [3.8, 4) is 6.07 Å². The summed E-state index contributed by atoms with van der Waals surface area (Å²) in [6.07, 6.45) is 0.626. The quantitative estimate of drug-likeness (QED) is 0.812. The molecule has 19 heavy (non-hydrogen) atoms. The lowest BCUT2D eigenvalue weighted by atomic mass is 9.91. The second-order valence-corrected chi connectivity index (χ2v) is 5.72. The van der Waals surface area contributed by atoms with Crippen molar-refractivity contribution >= 4 is 17.1 Å². The Morgan fingerprint density at radius 2 is 2.00 bits per heavy atom. The highest BCUT2D eigenvalue weighted by Crippen LogP contribution is 2.45. The van der Waals surface area contributed by atoms with Crippen LogP contribution in [0.2, 0.25) is 0 Å². The third-order valence-electron chi connectivity index (χ3n) is 3.38. The largest absolute Gasteiger partial charge is 0.480 e. The molecule has 1 aliphatic rings. The lowest BCUT2D eigenvalue weighted by Gasteiger charge is -2.25. The highest BCUT2D eigenvalue weighted by Gasteiger charge is 2.39. The molecule has 0 saturated carbocycles. The van der Waals surface area contributed by atoms with E-state index < -0.39 is 5.60 Å². The van der Waals surface area contributed by atoms with E-state index in [1.807, 2.05) is 54.8 Å². The monoisotopic (exact) mass is 267 g/mol. The summed E-state index contributed by atoms with van der Waals surface area (Å²) in [6, 6.07) is 16.3. The minimum Gasteiger partial charge on any atom is -0.480 e. The molecule has 0 spiro atoms. The van der Waals surface area contributed by atoms with E-state index in [-0.39, 0.29) is 0 Å². The van der Waals surface area contributed by atoms with Gasteiger partial charge in [0.2, 0.25) is 0 Å². The predicted octanol–water partition coefficient (Wildman–Crippen LogP) is 4.32. The van der Waals surface area contributed by atoms with Crippen LogP contribution in [0.15, 0.2) is 53.4 Å².